The third-order valence-corrected chi connectivity index (χ3v) is 6.32. The number of hydrogen-bond donors (Lipinski definition) is 1. The van der Waals surface area contributed by atoms with Gasteiger partial charge in [0.2, 0.25) is 0 Å². The number of benzene rings is 2. The number of esters is 1. The number of rotatable bonds is 5. The summed E-state index contributed by atoms with van der Waals surface area (Å²) in [6.45, 7) is 10.3. The van der Waals surface area contributed by atoms with E-state index in [1.165, 1.54) is 23.1 Å². The molecular weight excluding hydrogens is 372 g/mol. The first-order chi connectivity index (χ1) is 14.3. The van der Waals surface area contributed by atoms with Crippen molar-refractivity contribution in [2.24, 2.45) is 5.41 Å². The van der Waals surface area contributed by atoms with Gasteiger partial charge in [0.1, 0.15) is 11.9 Å². The highest BCUT2D eigenvalue weighted by atomic mass is 16.5. The van der Waals surface area contributed by atoms with Crippen LogP contribution < -0.4 is 0 Å². The molecule has 1 aliphatic rings. The summed E-state index contributed by atoms with van der Waals surface area (Å²) in [5, 5.41) is 9.01. The SMILES string of the molecule is CCC(C)(C)C(=O)OC1CCCCc2ccccc21.CCC(C)c1ccc(O)cc1. The Morgan fingerprint density at radius 2 is 1.77 bits per heavy atom. The standard InChI is InChI=1S/C17H24O2.C10H14O/c1-4-17(2,3)16(18)19-15-12-8-6-10-13-9-5-7-11-14(13)15;1-3-8(2)9-4-6-10(11)7-5-9/h5,7,9,11,15H,4,6,8,10,12H2,1-3H3;4-8,11H,3H2,1-2H3. The quantitative estimate of drug-likeness (QED) is 0.414. The van der Waals surface area contributed by atoms with Crippen molar-refractivity contribution in [2.45, 2.75) is 85.2 Å². The Hall–Kier alpha value is -2.29. The fourth-order valence-corrected chi connectivity index (χ4v) is 3.47. The zero-order chi connectivity index (χ0) is 22.1. The van der Waals surface area contributed by atoms with Crippen molar-refractivity contribution < 1.29 is 14.6 Å². The van der Waals surface area contributed by atoms with Gasteiger partial charge in [-0.2, -0.15) is 0 Å². The summed E-state index contributed by atoms with van der Waals surface area (Å²) in [5.74, 6) is 0.865. The molecule has 0 radical (unpaired) electrons. The van der Waals surface area contributed by atoms with Crippen molar-refractivity contribution >= 4 is 5.97 Å². The fourth-order valence-electron chi connectivity index (χ4n) is 3.47. The summed E-state index contributed by atoms with van der Waals surface area (Å²) >= 11 is 0. The predicted octanol–water partition coefficient (Wildman–Crippen LogP) is 7.34. The molecule has 0 heterocycles. The highest BCUT2D eigenvalue weighted by molar-refractivity contribution is 5.76. The maximum absolute atomic E-state index is 12.3. The third kappa shape index (κ3) is 6.62. The number of phenols is 1. The Labute approximate surface area is 182 Å². The Kier molecular flexibility index (Phi) is 8.95. The van der Waals surface area contributed by atoms with Gasteiger partial charge in [0.05, 0.1) is 5.41 Å². The van der Waals surface area contributed by atoms with E-state index in [4.69, 9.17) is 9.84 Å². The lowest BCUT2D eigenvalue weighted by atomic mass is 9.90. The lowest BCUT2D eigenvalue weighted by molar-refractivity contribution is -0.160. The Balaban J connectivity index is 0.000000248. The smallest absolute Gasteiger partial charge is 0.312 e. The molecule has 1 aliphatic carbocycles. The summed E-state index contributed by atoms with van der Waals surface area (Å²) in [5.41, 5.74) is 3.46. The molecule has 0 saturated carbocycles. The number of carbonyl (C=O) groups is 1. The van der Waals surface area contributed by atoms with Crippen molar-refractivity contribution in [1.82, 2.24) is 0 Å². The summed E-state index contributed by atoms with van der Waals surface area (Å²) < 4.78 is 5.81. The van der Waals surface area contributed by atoms with Gasteiger partial charge in [0.15, 0.2) is 0 Å². The summed E-state index contributed by atoms with van der Waals surface area (Å²) in [6, 6.07) is 15.8. The van der Waals surface area contributed by atoms with Crippen LogP contribution in [0.3, 0.4) is 0 Å². The first kappa shape index (κ1) is 24.0. The molecule has 0 aromatic heterocycles. The third-order valence-electron chi connectivity index (χ3n) is 6.32. The Bertz CT molecular complexity index is 792. The van der Waals surface area contributed by atoms with Gasteiger partial charge in [-0.1, -0.05) is 57.2 Å². The average Bonchev–Trinajstić information content (AvgIpc) is 2.96. The highest BCUT2D eigenvalue weighted by Crippen LogP contribution is 2.34. The first-order valence-corrected chi connectivity index (χ1v) is 11.4. The van der Waals surface area contributed by atoms with Crippen LogP contribution in [0.1, 0.15) is 95.4 Å². The minimum atomic E-state index is -0.388. The largest absolute Gasteiger partial charge is 0.508 e. The van der Waals surface area contributed by atoms with E-state index >= 15 is 0 Å². The molecule has 2 unspecified atom stereocenters. The molecule has 2 aromatic carbocycles. The maximum atomic E-state index is 12.3. The second kappa shape index (κ2) is 11.2. The molecular formula is C27H38O3. The van der Waals surface area contributed by atoms with Crippen molar-refractivity contribution in [3.05, 3.63) is 65.2 Å². The van der Waals surface area contributed by atoms with Crippen molar-refractivity contribution in [3.63, 3.8) is 0 Å². The van der Waals surface area contributed by atoms with Crippen LogP contribution in [-0.4, -0.2) is 11.1 Å². The molecule has 0 spiro atoms. The van der Waals surface area contributed by atoms with Crippen LogP contribution in [0.15, 0.2) is 48.5 Å². The fraction of sp³-hybridized carbons (Fsp3) is 0.519. The molecule has 0 bridgehead atoms. The van der Waals surface area contributed by atoms with E-state index in [-0.39, 0.29) is 17.5 Å². The van der Waals surface area contributed by atoms with Gasteiger partial charge in [0, 0.05) is 0 Å². The molecule has 3 heteroatoms. The van der Waals surface area contributed by atoms with E-state index < -0.39 is 0 Å². The molecule has 0 saturated heterocycles. The highest BCUT2D eigenvalue weighted by Gasteiger charge is 2.31. The van der Waals surface area contributed by atoms with Gasteiger partial charge in [-0.05, 0) is 87.1 Å². The van der Waals surface area contributed by atoms with E-state index in [0.29, 0.717) is 11.7 Å². The van der Waals surface area contributed by atoms with Gasteiger partial charge in [-0.3, -0.25) is 4.79 Å². The number of ether oxygens (including phenoxy) is 1. The molecule has 3 rings (SSSR count). The van der Waals surface area contributed by atoms with E-state index in [1.54, 1.807) is 12.1 Å². The molecule has 1 N–H and O–H groups in total. The Morgan fingerprint density at radius 3 is 2.40 bits per heavy atom. The van der Waals surface area contributed by atoms with Crippen molar-refractivity contribution in [3.8, 4) is 5.75 Å². The van der Waals surface area contributed by atoms with Crippen LogP contribution in [0.2, 0.25) is 0 Å². The van der Waals surface area contributed by atoms with Crippen LogP contribution in [0.25, 0.3) is 0 Å². The zero-order valence-corrected chi connectivity index (χ0v) is 19.3. The van der Waals surface area contributed by atoms with Crippen LogP contribution in [-0.2, 0) is 16.0 Å². The van der Waals surface area contributed by atoms with Gasteiger partial charge < -0.3 is 9.84 Å². The maximum Gasteiger partial charge on any atom is 0.312 e. The van der Waals surface area contributed by atoms with E-state index in [0.717, 1.165) is 32.1 Å². The van der Waals surface area contributed by atoms with Gasteiger partial charge in [-0.15, -0.1) is 0 Å². The summed E-state index contributed by atoms with van der Waals surface area (Å²) in [6.07, 6.45) is 6.24. The molecule has 0 amide bonds. The van der Waals surface area contributed by atoms with Crippen LogP contribution in [0, 0.1) is 5.41 Å². The molecule has 2 atom stereocenters. The topological polar surface area (TPSA) is 46.5 Å². The van der Waals surface area contributed by atoms with Crippen molar-refractivity contribution in [1.29, 1.82) is 0 Å². The predicted molar refractivity (Wildman–Crippen MR) is 124 cm³/mol. The molecule has 0 aliphatic heterocycles. The first-order valence-electron chi connectivity index (χ1n) is 11.4. The van der Waals surface area contributed by atoms with Gasteiger partial charge in [-0.25, -0.2) is 0 Å². The van der Waals surface area contributed by atoms with Gasteiger partial charge in [0.25, 0.3) is 0 Å². The lowest BCUT2D eigenvalue weighted by Gasteiger charge is -2.25. The molecule has 3 nitrogen and oxygen atoms in total. The molecule has 30 heavy (non-hydrogen) atoms. The number of aromatic hydroxyl groups is 1. The minimum absolute atomic E-state index is 0.0583. The van der Waals surface area contributed by atoms with E-state index in [2.05, 4.69) is 32.0 Å². The number of carbonyl (C=O) groups excluding carboxylic acids is 1. The van der Waals surface area contributed by atoms with E-state index in [9.17, 15) is 4.79 Å². The molecule has 0 fully saturated rings. The monoisotopic (exact) mass is 410 g/mol. The van der Waals surface area contributed by atoms with Crippen LogP contribution >= 0.6 is 0 Å². The second-order valence-corrected chi connectivity index (χ2v) is 8.98. The lowest BCUT2D eigenvalue weighted by Crippen LogP contribution is -2.27. The molecule has 2 aromatic rings. The normalized spacial score (nSPS) is 17.0. The second-order valence-electron chi connectivity index (χ2n) is 8.98. The number of hydrogen-bond acceptors (Lipinski definition) is 3. The molecule has 164 valence electrons. The minimum Gasteiger partial charge on any atom is -0.508 e. The van der Waals surface area contributed by atoms with Gasteiger partial charge >= 0.3 is 5.97 Å². The summed E-state index contributed by atoms with van der Waals surface area (Å²) in [4.78, 5) is 12.3. The Morgan fingerprint density at radius 1 is 1.10 bits per heavy atom. The zero-order valence-electron chi connectivity index (χ0n) is 19.3. The van der Waals surface area contributed by atoms with Crippen LogP contribution in [0.5, 0.6) is 5.75 Å². The van der Waals surface area contributed by atoms with Crippen LogP contribution in [0.4, 0.5) is 0 Å². The number of phenolic OH excluding ortho intramolecular Hbond substituents is 1. The number of aryl methyl sites for hydroxylation is 1. The van der Waals surface area contributed by atoms with Crippen molar-refractivity contribution in [2.75, 3.05) is 0 Å². The number of fused-ring (bicyclic) bond motifs is 1. The average molecular weight is 411 g/mol. The summed E-state index contributed by atoms with van der Waals surface area (Å²) in [7, 11) is 0. The van der Waals surface area contributed by atoms with E-state index in [1.807, 2.05) is 39.0 Å².